The predicted molar refractivity (Wildman–Crippen MR) is 187 cm³/mol. The van der Waals surface area contributed by atoms with Gasteiger partial charge < -0.3 is 0 Å². The van der Waals surface area contributed by atoms with Gasteiger partial charge >= 0.3 is 0 Å². The molecule has 0 heteroatoms. The topological polar surface area (TPSA) is 0 Å². The molecular formula is C40H82. The molecule has 0 radical (unpaired) electrons. The summed E-state index contributed by atoms with van der Waals surface area (Å²) in [5.74, 6) is 1.04. The van der Waals surface area contributed by atoms with Gasteiger partial charge in [-0.25, -0.2) is 0 Å². The third-order valence-electron chi connectivity index (χ3n) is 9.65. The zero-order chi connectivity index (χ0) is 29.0. The number of rotatable bonds is 36. The Morgan fingerprint density at radius 2 is 0.350 bits per heavy atom. The minimum Gasteiger partial charge on any atom is -0.0654 e. The molecule has 0 spiro atoms. The summed E-state index contributed by atoms with van der Waals surface area (Å²) >= 11 is 0. The van der Waals surface area contributed by atoms with Crippen LogP contribution in [0.5, 0.6) is 0 Å². The van der Waals surface area contributed by atoms with Gasteiger partial charge in [-0.15, -0.1) is 0 Å². The Morgan fingerprint density at radius 1 is 0.200 bits per heavy atom. The highest BCUT2D eigenvalue weighted by Crippen LogP contribution is 2.25. The molecule has 0 aliphatic rings. The zero-order valence-electron chi connectivity index (χ0n) is 29.0. The van der Waals surface area contributed by atoms with Gasteiger partial charge in [0.15, 0.2) is 0 Å². The molecule has 0 saturated carbocycles. The fraction of sp³-hybridized carbons (Fsp3) is 1.00. The Hall–Kier alpha value is 0. The molecule has 0 aromatic rings. The number of hydrogen-bond acceptors (Lipinski definition) is 0. The van der Waals surface area contributed by atoms with Gasteiger partial charge in [0.05, 0.1) is 0 Å². The maximum atomic E-state index is 2.35. The second-order valence-electron chi connectivity index (χ2n) is 13.8. The molecule has 0 aliphatic heterocycles. The fourth-order valence-electron chi connectivity index (χ4n) is 6.72. The summed E-state index contributed by atoms with van der Waals surface area (Å²) in [7, 11) is 0. The van der Waals surface area contributed by atoms with Crippen LogP contribution < -0.4 is 0 Å². The van der Waals surface area contributed by atoms with E-state index in [1.807, 2.05) is 0 Å². The Kier molecular flexibility index (Phi) is 37.0. The van der Waals surface area contributed by atoms with Crippen LogP contribution in [0.1, 0.15) is 252 Å². The van der Waals surface area contributed by atoms with Crippen LogP contribution in [-0.2, 0) is 0 Å². The highest BCUT2D eigenvalue weighted by molar-refractivity contribution is 4.62. The monoisotopic (exact) mass is 563 g/mol. The summed E-state index contributed by atoms with van der Waals surface area (Å²) in [5.41, 5.74) is 0. The smallest absolute Gasteiger partial charge is 0.0414 e. The Labute approximate surface area is 257 Å². The average molecular weight is 563 g/mol. The molecule has 0 aromatic carbocycles. The Morgan fingerprint density at radius 3 is 0.550 bits per heavy atom. The van der Waals surface area contributed by atoms with Crippen molar-refractivity contribution in [2.24, 2.45) is 5.92 Å². The van der Waals surface area contributed by atoms with Crippen molar-refractivity contribution < 1.29 is 0 Å². The molecule has 1 atom stereocenters. The van der Waals surface area contributed by atoms with Gasteiger partial charge in [-0.3, -0.25) is 0 Å². The first kappa shape index (κ1) is 40.0. The van der Waals surface area contributed by atoms with Crippen LogP contribution in [0, 0.1) is 5.92 Å². The molecule has 0 heterocycles. The van der Waals surface area contributed by atoms with Crippen LogP contribution in [0.15, 0.2) is 0 Å². The van der Waals surface area contributed by atoms with Crippen molar-refractivity contribution >= 4 is 0 Å². The van der Waals surface area contributed by atoms with E-state index in [1.54, 1.807) is 0 Å². The average Bonchev–Trinajstić information content (AvgIpc) is 2.97. The fourth-order valence-corrected chi connectivity index (χ4v) is 6.72. The summed E-state index contributed by atoms with van der Waals surface area (Å²) < 4.78 is 0. The van der Waals surface area contributed by atoms with Crippen LogP contribution in [-0.4, -0.2) is 0 Å². The van der Waals surface area contributed by atoms with Crippen molar-refractivity contribution in [3.8, 4) is 0 Å². The summed E-state index contributed by atoms with van der Waals surface area (Å²) in [6.45, 7) is 6.98. The largest absolute Gasteiger partial charge is 0.0654 e. The van der Waals surface area contributed by atoms with Crippen LogP contribution in [0.4, 0.5) is 0 Å². The number of unbranched alkanes of at least 4 members (excludes halogenated alkanes) is 30. The molecule has 0 fully saturated rings. The Balaban J connectivity index is 3.62. The lowest BCUT2D eigenvalue weighted by Crippen LogP contribution is -2.01. The van der Waals surface area contributed by atoms with E-state index in [-0.39, 0.29) is 0 Å². The van der Waals surface area contributed by atoms with E-state index in [2.05, 4.69) is 20.8 Å². The van der Waals surface area contributed by atoms with E-state index in [0.717, 1.165) is 5.92 Å². The van der Waals surface area contributed by atoms with Crippen molar-refractivity contribution in [2.45, 2.75) is 252 Å². The minimum absolute atomic E-state index is 1.04. The molecule has 0 bridgehead atoms. The van der Waals surface area contributed by atoms with Crippen LogP contribution in [0.2, 0.25) is 0 Å². The maximum absolute atomic E-state index is 2.35. The highest BCUT2D eigenvalue weighted by Gasteiger charge is 2.08. The van der Waals surface area contributed by atoms with E-state index < -0.39 is 0 Å². The van der Waals surface area contributed by atoms with Gasteiger partial charge in [-0.2, -0.15) is 0 Å². The van der Waals surface area contributed by atoms with Gasteiger partial charge in [0.25, 0.3) is 0 Å². The molecule has 0 amide bonds. The molecule has 40 heavy (non-hydrogen) atoms. The van der Waals surface area contributed by atoms with Crippen LogP contribution >= 0.6 is 0 Å². The molecule has 1 unspecified atom stereocenters. The molecule has 0 N–H and O–H groups in total. The minimum atomic E-state index is 1.04. The first-order valence-corrected chi connectivity index (χ1v) is 19.8. The van der Waals surface area contributed by atoms with Crippen molar-refractivity contribution in [3.05, 3.63) is 0 Å². The van der Waals surface area contributed by atoms with E-state index in [9.17, 15) is 0 Å². The summed E-state index contributed by atoms with van der Waals surface area (Å²) in [6.07, 6.45) is 53.3. The normalized spacial score (nSPS) is 12.4. The highest BCUT2D eigenvalue weighted by atomic mass is 14.1. The lowest BCUT2D eigenvalue weighted by Gasteiger charge is -2.17. The summed E-state index contributed by atoms with van der Waals surface area (Å²) in [4.78, 5) is 0. The standard InChI is InChI=1S/C40H82/c1-4-7-10-13-15-17-19-21-23-25-27-29-31-33-36-39-40(37-34-12-9-6-3)38-35-32-30-28-26-24-22-20-18-16-14-11-8-5-2/h40H,4-39H2,1-3H3. The van der Waals surface area contributed by atoms with Crippen LogP contribution in [0.25, 0.3) is 0 Å². The first-order chi connectivity index (χ1) is 19.8. The zero-order valence-corrected chi connectivity index (χ0v) is 29.0. The summed E-state index contributed by atoms with van der Waals surface area (Å²) in [5, 5.41) is 0. The lowest BCUT2D eigenvalue weighted by molar-refractivity contribution is 0.366. The molecule has 242 valence electrons. The molecule has 0 rings (SSSR count). The predicted octanol–water partition coefficient (Wildman–Crippen LogP) is 15.7. The molecule has 0 aromatic heterocycles. The van der Waals surface area contributed by atoms with Crippen molar-refractivity contribution in [1.82, 2.24) is 0 Å². The van der Waals surface area contributed by atoms with Gasteiger partial charge in [0, 0.05) is 0 Å². The van der Waals surface area contributed by atoms with Crippen LogP contribution in [0.3, 0.4) is 0 Å². The van der Waals surface area contributed by atoms with Gasteiger partial charge in [-0.05, 0) is 5.92 Å². The quantitative estimate of drug-likeness (QED) is 0.0666. The molecule has 0 nitrogen and oxygen atoms in total. The van der Waals surface area contributed by atoms with Gasteiger partial charge in [0.2, 0.25) is 0 Å². The van der Waals surface area contributed by atoms with E-state index in [4.69, 9.17) is 0 Å². The number of hydrogen-bond donors (Lipinski definition) is 0. The second kappa shape index (κ2) is 37.0. The molecule has 0 saturated heterocycles. The molecular weight excluding hydrogens is 480 g/mol. The van der Waals surface area contributed by atoms with Crippen molar-refractivity contribution in [2.75, 3.05) is 0 Å². The van der Waals surface area contributed by atoms with Gasteiger partial charge in [0.1, 0.15) is 0 Å². The third-order valence-corrected chi connectivity index (χ3v) is 9.65. The lowest BCUT2D eigenvalue weighted by atomic mass is 9.89. The van der Waals surface area contributed by atoms with E-state index in [1.165, 1.54) is 231 Å². The van der Waals surface area contributed by atoms with Crippen molar-refractivity contribution in [3.63, 3.8) is 0 Å². The van der Waals surface area contributed by atoms with Crippen molar-refractivity contribution in [1.29, 1.82) is 0 Å². The third kappa shape index (κ3) is 34.2. The van der Waals surface area contributed by atoms with Gasteiger partial charge in [-0.1, -0.05) is 252 Å². The SMILES string of the molecule is CCCCCCCCCCCCCCCCCC(CCCCCC)CCCCCCCCCCCCCCCC. The maximum Gasteiger partial charge on any atom is -0.0414 e. The van der Waals surface area contributed by atoms with E-state index in [0.29, 0.717) is 0 Å². The Bertz CT molecular complexity index is 412. The first-order valence-electron chi connectivity index (χ1n) is 19.8. The summed E-state index contributed by atoms with van der Waals surface area (Å²) in [6, 6.07) is 0. The second-order valence-corrected chi connectivity index (χ2v) is 13.8. The molecule has 0 aliphatic carbocycles. The van der Waals surface area contributed by atoms with E-state index >= 15 is 0 Å².